The fourth-order valence-corrected chi connectivity index (χ4v) is 9.63. The molecule has 2 N–H and O–H groups in total. The number of hydrogen-bond acceptors (Lipinski definition) is 2. The Bertz CT molecular complexity index is 1520. The highest BCUT2D eigenvalue weighted by Gasteiger charge is 2.44. The second-order valence-corrected chi connectivity index (χ2v) is 13.6. The summed E-state index contributed by atoms with van der Waals surface area (Å²) in [6, 6.07) is 17.1. The van der Waals surface area contributed by atoms with E-state index in [1.54, 1.807) is 0 Å². The Balaban J connectivity index is 1.36. The number of rotatable bonds is 1. The third kappa shape index (κ3) is 2.95. The van der Waals surface area contributed by atoms with Crippen molar-refractivity contribution in [3.8, 4) is 22.6 Å². The maximum atomic E-state index is 11.3. The van der Waals surface area contributed by atoms with Crippen molar-refractivity contribution >= 4 is 21.5 Å². The van der Waals surface area contributed by atoms with Crippen molar-refractivity contribution in [2.45, 2.75) is 89.9 Å². The van der Waals surface area contributed by atoms with Gasteiger partial charge in [-0.3, -0.25) is 0 Å². The van der Waals surface area contributed by atoms with E-state index in [2.05, 4.69) is 50.2 Å². The molecule has 0 amide bonds. The summed E-state index contributed by atoms with van der Waals surface area (Å²) in [6.07, 6.45) is 12.6. The summed E-state index contributed by atoms with van der Waals surface area (Å²) < 4.78 is 0. The predicted molar refractivity (Wildman–Crippen MR) is 156 cm³/mol. The summed E-state index contributed by atoms with van der Waals surface area (Å²) in [5.41, 5.74) is 8.42. The lowest BCUT2D eigenvalue weighted by Crippen LogP contribution is -2.26. The number of fused-ring (bicyclic) bond motifs is 10. The molecule has 4 aromatic carbocycles. The Morgan fingerprint density at radius 3 is 1.42 bits per heavy atom. The van der Waals surface area contributed by atoms with E-state index < -0.39 is 0 Å². The van der Waals surface area contributed by atoms with Gasteiger partial charge in [-0.2, -0.15) is 0 Å². The Morgan fingerprint density at radius 2 is 0.974 bits per heavy atom. The maximum Gasteiger partial charge on any atom is 0.124 e. The molecule has 0 spiro atoms. The molecule has 4 aliphatic rings. The van der Waals surface area contributed by atoms with Gasteiger partial charge in [0.15, 0.2) is 0 Å². The molecule has 2 fully saturated rings. The molecule has 0 bridgehead atoms. The number of aryl methyl sites for hydroxylation is 2. The quantitative estimate of drug-likeness (QED) is 0.272. The molecule has 0 heterocycles. The SMILES string of the molecule is C[C@@]12CCC[C@@H]1c1ccc3c(-c4c(O)ccc5c6c(ccc45)[C@H]4CCC[C@@]4(C)CC6)c(O)ccc3c1CC2. The summed E-state index contributed by atoms with van der Waals surface area (Å²) in [5.74, 6) is 1.80. The van der Waals surface area contributed by atoms with Gasteiger partial charge in [0.1, 0.15) is 11.5 Å². The molecule has 4 atom stereocenters. The smallest absolute Gasteiger partial charge is 0.124 e. The molecule has 194 valence electrons. The van der Waals surface area contributed by atoms with Crippen molar-refractivity contribution in [1.29, 1.82) is 0 Å². The third-order valence-electron chi connectivity index (χ3n) is 11.7. The zero-order chi connectivity index (χ0) is 25.8. The van der Waals surface area contributed by atoms with Crippen LogP contribution in [0.5, 0.6) is 11.5 Å². The maximum absolute atomic E-state index is 11.3. The molecule has 8 rings (SSSR count). The zero-order valence-corrected chi connectivity index (χ0v) is 22.7. The first-order valence-corrected chi connectivity index (χ1v) is 14.9. The summed E-state index contributed by atoms with van der Waals surface area (Å²) in [4.78, 5) is 0. The van der Waals surface area contributed by atoms with Crippen molar-refractivity contribution < 1.29 is 10.2 Å². The van der Waals surface area contributed by atoms with E-state index in [0.29, 0.717) is 22.7 Å². The molecule has 0 aromatic heterocycles. The summed E-state index contributed by atoms with van der Waals surface area (Å²) in [5, 5.41) is 27.3. The monoisotopic (exact) mass is 502 g/mol. The van der Waals surface area contributed by atoms with Crippen LogP contribution >= 0.6 is 0 Å². The van der Waals surface area contributed by atoms with Crippen LogP contribution in [0.4, 0.5) is 0 Å². The van der Waals surface area contributed by atoms with E-state index in [-0.39, 0.29) is 11.5 Å². The fourth-order valence-electron chi connectivity index (χ4n) is 9.63. The lowest BCUT2D eigenvalue weighted by molar-refractivity contribution is 0.253. The van der Waals surface area contributed by atoms with Crippen molar-refractivity contribution in [2.75, 3.05) is 0 Å². The van der Waals surface area contributed by atoms with Crippen LogP contribution in [0.3, 0.4) is 0 Å². The van der Waals surface area contributed by atoms with E-state index in [0.717, 1.165) is 34.7 Å². The Hall–Kier alpha value is -3.00. The van der Waals surface area contributed by atoms with Crippen LogP contribution < -0.4 is 0 Å². The number of benzene rings is 4. The molecule has 2 heteroatoms. The predicted octanol–water partition coefficient (Wildman–Crippen LogP) is 9.51. The van der Waals surface area contributed by atoms with E-state index in [4.69, 9.17) is 0 Å². The molecule has 2 saturated carbocycles. The van der Waals surface area contributed by atoms with Crippen LogP contribution in [0, 0.1) is 10.8 Å². The van der Waals surface area contributed by atoms with Crippen LogP contribution in [0.1, 0.15) is 99.3 Å². The van der Waals surface area contributed by atoms with Crippen molar-refractivity contribution in [3.63, 3.8) is 0 Å². The van der Waals surface area contributed by atoms with Gasteiger partial charge in [0.2, 0.25) is 0 Å². The molecule has 4 aromatic rings. The van der Waals surface area contributed by atoms with Crippen LogP contribution in [-0.2, 0) is 12.8 Å². The van der Waals surface area contributed by atoms with Gasteiger partial charge in [0, 0.05) is 11.1 Å². The first-order valence-electron chi connectivity index (χ1n) is 14.9. The minimum atomic E-state index is 0.253. The third-order valence-corrected chi connectivity index (χ3v) is 11.7. The van der Waals surface area contributed by atoms with Gasteiger partial charge in [-0.15, -0.1) is 0 Å². The van der Waals surface area contributed by atoms with E-state index in [1.807, 2.05) is 12.1 Å². The average Bonchev–Trinajstić information content (AvgIpc) is 3.51. The summed E-state index contributed by atoms with van der Waals surface area (Å²) >= 11 is 0. The van der Waals surface area contributed by atoms with Crippen molar-refractivity contribution in [2.24, 2.45) is 10.8 Å². The lowest BCUT2D eigenvalue weighted by atomic mass is 9.66. The van der Waals surface area contributed by atoms with E-state index in [1.165, 1.54) is 84.4 Å². The van der Waals surface area contributed by atoms with E-state index >= 15 is 0 Å². The van der Waals surface area contributed by atoms with Crippen molar-refractivity contribution in [3.05, 3.63) is 70.8 Å². The molecule has 0 unspecified atom stereocenters. The molecule has 0 radical (unpaired) electrons. The molecule has 0 aliphatic heterocycles. The zero-order valence-electron chi connectivity index (χ0n) is 22.7. The molecule has 4 aliphatic carbocycles. The minimum Gasteiger partial charge on any atom is -0.507 e. The Morgan fingerprint density at radius 1 is 0.553 bits per heavy atom. The average molecular weight is 503 g/mol. The van der Waals surface area contributed by atoms with Gasteiger partial charge >= 0.3 is 0 Å². The van der Waals surface area contributed by atoms with Gasteiger partial charge < -0.3 is 10.2 Å². The highest BCUT2D eigenvalue weighted by atomic mass is 16.3. The van der Waals surface area contributed by atoms with Crippen LogP contribution in [0.2, 0.25) is 0 Å². The normalized spacial score (nSPS) is 29.7. The summed E-state index contributed by atoms with van der Waals surface area (Å²) in [6.45, 7) is 4.98. The standard InChI is InChI=1S/C36H38O2/c1-35-17-3-5-29(35)25-7-9-27-21(23(25)15-19-35)11-13-31(37)33(27)34-28-10-8-26-24(22(28)12-14-32(34)38)16-20-36(2)18-4-6-30(26)36/h7-14,29-30,37-38H,3-6,15-20H2,1-2H3/t29-,30-,35+,36+/m1/s1. The van der Waals surface area contributed by atoms with Gasteiger partial charge in [-0.05, 0) is 130 Å². The van der Waals surface area contributed by atoms with Crippen LogP contribution in [0.15, 0.2) is 48.5 Å². The van der Waals surface area contributed by atoms with Crippen molar-refractivity contribution in [1.82, 2.24) is 0 Å². The second-order valence-electron chi connectivity index (χ2n) is 13.6. The van der Waals surface area contributed by atoms with Crippen LogP contribution in [-0.4, -0.2) is 10.2 Å². The van der Waals surface area contributed by atoms with Gasteiger partial charge in [0.25, 0.3) is 0 Å². The molecular weight excluding hydrogens is 464 g/mol. The van der Waals surface area contributed by atoms with Gasteiger partial charge in [-0.25, -0.2) is 0 Å². The Kier molecular flexibility index (Phi) is 4.69. The molecule has 2 nitrogen and oxygen atoms in total. The number of hydrogen-bond donors (Lipinski definition) is 2. The number of phenolic OH excluding ortho intramolecular Hbond substituents is 2. The first kappa shape index (κ1) is 22.9. The lowest BCUT2D eigenvalue weighted by Gasteiger charge is -2.39. The highest BCUT2D eigenvalue weighted by molar-refractivity contribution is 6.11. The highest BCUT2D eigenvalue weighted by Crippen LogP contribution is 2.59. The largest absolute Gasteiger partial charge is 0.507 e. The van der Waals surface area contributed by atoms with Crippen LogP contribution in [0.25, 0.3) is 32.7 Å². The summed E-state index contributed by atoms with van der Waals surface area (Å²) in [7, 11) is 0. The second kappa shape index (κ2) is 7.78. The topological polar surface area (TPSA) is 40.5 Å². The van der Waals surface area contributed by atoms with Gasteiger partial charge in [0.05, 0.1) is 0 Å². The Labute approximate surface area is 225 Å². The minimum absolute atomic E-state index is 0.253. The number of phenols is 2. The molecular formula is C36H38O2. The molecule has 38 heavy (non-hydrogen) atoms. The fraction of sp³-hybridized carbons (Fsp3) is 0.444. The first-order chi connectivity index (χ1) is 18.4. The number of aromatic hydroxyl groups is 2. The molecule has 0 saturated heterocycles. The van der Waals surface area contributed by atoms with Gasteiger partial charge in [-0.1, -0.05) is 63.1 Å². The van der Waals surface area contributed by atoms with E-state index in [9.17, 15) is 10.2 Å².